The summed E-state index contributed by atoms with van der Waals surface area (Å²) < 4.78 is 5.28. The van der Waals surface area contributed by atoms with Gasteiger partial charge >= 0.3 is 0 Å². The molecule has 1 saturated heterocycles. The molecule has 1 aromatic carbocycles. The molecule has 0 atom stereocenters. The second-order valence-electron chi connectivity index (χ2n) is 8.13. The standard InChI is InChI=1S/C23H33ClN6O2.2ClH/c1-32-21-15-20(25)19(24)14-18(21)22(31)29-16-17-6-12-30(13-7-17)11-4-2-3-8-26-23-27-9-5-10-28-23;;/h5,9-10,14-15,17H,2-4,6-8,11-13,16,25H2,1H3,(H,29,31)(H,26,27,28);2*1H. The van der Waals surface area contributed by atoms with Crippen LogP contribution >= 0.6 is 36.4 Å². The number of aromatic nitrogens is 2. The number of methoxy groups -OCH3 is 1. The summed E-state index contributed by atoms with van der Waals surface area (Å²) in [7, 11) is 1.52. The molecule has 1 amide bonds. The lowest BCUT2D eigenvalue weighted by Crippen LogP contribution is -2.39. The van der Waals surface area contributed by atoms with E-state index >= 15 is 0 Å². The zero-order valence-electron chi connectivity index (χ0n) is 19.5. The fourth-order valence-electron chi connectivity index (χ4n) is 3.89. The predicted octanol–water partition coefficient (Wildman–Crippen LogP) is 4.29. The number of rotatable bonds is 11. The Morgan fingerprint density at radius 1 is 1.18 bits per heavy atom. The van der Waals surface area contributed by atoms with Crippen LogP contribution in [-0.2, 0) is 0 Å². The Morgan fingerprint density at radius 2 is 1.88 bits per heavy atom. The van der Waals surface area contributed by atoms with E-state index in [1.54, 1.807) is 24.5 Å². The highest BCUT2D eigenvalue weighted by molar-refractivity contribution is 6.33. The average Bonchev–Trinajstić information content (AvgIpc) is 2.82. The number of piperidine rings is 1. The number of ether oxygens (including phenoxy) is 1. The van der Waals surface area contributed by atoms with E-state index in [1.165, 1.54) is 20.0 Å². The van der Waals surface area contributed by atoms with E-state index in [2.05, 4.69) is 25.5 Å². The monoisotopic (exact) mass is 532 g/mol. The van der Waals surface area contributed by atoms with E-state index < -0.39 is 0 Å². The zero-order valence-corrected chi connectivity index (χ0v) is 21.9. The molecule has 0 radical (unpaired) electrons. The van der Waals surface area contributed by atoms with Gasteiger partial charge in [-0.25, -0.2) is 9.97 Å². The van der Waals surface area contributed by atoms with Crippen LogP contribution < -0.4 is 21.1 Å². The van der Waals surface area contributed by atoms with Gasteiger partial charge < -0.3 is 26.0 Å². The molecule has 1 aliphatic heterocycles. The van der Waals surface area contributed by atoms with Gasteiger partial charge in [-0.2, -0.15) is 0 Å². The molecule has 1 aliphatic rings. The number of nitrogens with one attached hydrogen (secondary N) is 2. The lowest BCUT2D eigenvalue weighted by Gasteiger charge is -2.32. The van der Waals surface area contributed by atoms with E-state index in [-0.39, 0.29) is 30.7 Å². The highest BCUT2D eigenvalue weighted by atomic mass is 35.5. The zero-order chi connectivity index (χ0) is 22.8. The topological polar surface area (TPSA) is 105 Å². The number of nitrogens with two attached hydrogens (primary N) is 1. The Bertz CT molecular complexity index is 867. The molecule has 3 rings (SSSR count). The number of likely N-dealkylation sites (tertiary alicyclic amines) is 1. The van der Waals surface area contributed by atoms with Crippen molar-refractivity contribution >= 4 is 54.0 Å². The van der Waals surface area contributed by atoms with Crippen LogP contribution in [0, 0.1) is 5.92 Å². The third-order valence-corrected chi connectivity index (χ3v) is 6.15. The molecule has 34 heavy (non-hydrogen) atoms. The molecule has 0 saturated carbocycles. The molecule has 0 unspecified atom stereocenters. The van der Waals surface area contributed by atoms with Gasteiger partial charge in [-0.1, -0.05) is 18.0 Å². The van der Waals surface area contributed by atoms with Crippen molar-refractivity contribution < 1.29 is 9.53 Å². The number of hydrogen-bond acceptors (Lipinski definition) is 7. The molecule has 11 heteroatoms. The Kier molecular flexibility index (Phi) is 14.0. The first-order valence-electron chi connectivity index (χ1n) is 11.2. The van der Waals surface area contributed by atoms with Crippen LogP contribution in [0.1, 0.15) is 42.5 Å². The molecular formula is C23H35Cl3N6O2. The lowest BCUT2D eigenvalue weighted by molar-refractivity contribution is 0.0933. The van der Waals surface area contributed by atoms with Crippen molar-refractivity contribution in [3.8, 4) is 5.75 Å². The van der Waals surface area contributed by atoms with E-state index in [0.29, 0.717) is 40.4 Å². The number of amides is 1. The largest absolute Gasteiger partial charge is 0.496 e. The van der Waals surface area contributed by atoms with Gasteiger partial charge in [0.1, 0.15) is 5.75 Å². The van der Waals surface area contributed by atoms with Gasteiger partial charge in [-0.15, -0.1) is 24.8 Å². The number of hydrogen-bond donors (Lipinski definition) is 3. The summed E-state index contributed by atoms with van der Waals surface area (Å²) in [5.41, 5.74) is 6.61. The molecule has 8 nitrogen and oxygen atoms in total. The molecule has 2 aromatic rings. The minimum atomic E-state index is -0.180. The number of halogens is 3. The van der Waals surface area contributed by atoms with Crippen molar-refractivity contribution in [1.29, 1.82) is 0 Å². The van der Waals surface area contributed by atoms with Crippen LogP contribution in [0.2, 0.25) is 5.02 Å². The van der Waals surface area contributed by atoms with Crippen LogP contribution in [0.4, 0.5) is 11.6 Å². The van der Waals surface area contributed by atoms with Gasteiger partial charge in [0.05, 0.1) is 23.4 Å². The van der Waals surface area contributed by atoms with Crippen LogP contribution in [0.25, 0.3) is 0 Å². The van der Waals surface area contributed by atoms with Crippen molar-refractivity contribution in [3.63, 3.8) is 0 Å². The predicted molar refractivity (Wildman–Crippen MR) is 143 cm³/mol. The molecule has 190 valence electrons. The van der Waals surface area contributed by atoms with Crippen molar-refractivity contribution in [1.82, 2.24) is 20.2 Å². The maximum Gasteiger partial charge on any atom is 0.255 e. The number of unbranched alkanes of at least 4 members (excludes halogenated alkanes) is 2. The van der Waals surface area contributed by atoms with E-state index in [1.807, 2.05) is 6.07 Å². The fourth-order valence-corrected chi connectivity index (χ4v) is 4.05. The van der Waals surface area contributed by atoms with Crippen LogP contribution in [-0.4, -0.2) is 60.6 Å². The second kappa shape index (κ2) is 15.8. The summed E-state index contributed by atoms with van der Waals surface area (Å²) in [6.07, 6.45) is 9.15. The first kappa shape index (κ1) is 30.0. The maximum absolute atomic E-state index is 12.6. The summed E-state index contributed by atoms with van der Waals surface area (Å²) in [4.78, 5) is 23.4. The highest BCUT2D eigenvalue weighted by Gasteiger charge is 2.21. The summed E-state index contributed by atoms with van der Waals surface area (Å²) in [6.45, 7) is 4.84. The SMILES string of the molecule is COc1cc(N)c(Cl)cc1C(=O)NCC1CCN(CCCCCNc2ncccn2)CC1.Cl.Cl. The van der Waals surface area contributed by atoms with Crippen LogP contribution in [0.5, 0.6) is 5.75 Å². The first-order chi connectivity index (χ1) is 15.6. The molecule has 0 bridgehead atoms. The lowest BCUT2D eigenvalue weighted by atomic mass is 9.96. The van der Waals surface area contributed by atoms with E-state index in [9.17, 15) is 4.79 Å². The summed E-state index contributed by atoms with van der Waals surface area (Å²) >= 11 is 6.07. The van der Waals surface area contributed by atoms with Crippen LogP contribution in [0.3, 0.4) is 0 Å². The Balaban J connectivity index is 0.00000289. The van der Waals surface area contributed by atoms with Gasteiger partial charge in [0, 0.05) is 31.5 Å². The molecule has 4 N–H and O–H groups in total. The fraction of sp³-hybridized carbons (Fsp3) is 0.522. The quantitative estimate of drug-likeness (QED) is 0.292. The number of anilines is 2. The first-order valence-corrected chi connectivity index (χ1v) is 11.6. The van der Waals surface area contributed by atoms with Crippen molar-refractivity contribution in [3.05, 3.63) is 41.2 Å². The second-order valence-corrected chi connectivity index (χ2v) is 8.54. The summed E-state index contributed by atoms with van der Waals surface area (Å²) in [5, 5.41) is 6.63. The normalized spacial score (nSPS) is 13.9. The van der Waals surface area contributed by atoms with E-state index in [4.69, 9.17) is 22.1 Å². The Hall–Kier alpha value is -2.00. The smallest absolute Gasteiger partial charge is 0.255 e. The van der Waals surface area contributed by atoms with Gasteiger partial charge in [0.15, 0.2) is 0 Å². The Labute approximate surface area is 219 Å². The summed E-state index contributed by atoms with van der Waals surface area (Å²) in [6, 6.07) is 4.96. The van der Waals surface area contributed by atoms with Gasteiger partial charge in [0.25, 0.3) is 5.91 Å². The van der Waals surface area contributed by atoms with Crippen molar-refractivity contribution in [2.45, 2.75) is 32.1 Å². The van der Waals surface area contributed by atoms with Crippen molar-refractivity contribution in [2.24, 2.45) is 5.92 Å². The molecular weight excluding hydrogens is 499 g/mol. The Morgan fingerprint density at radius 3 is 2.56 bits per heavy atom. The number of benzene rings is 1. The van der Waals surface area contributed by atoms with Crippen molar-refractivity contribution in [2.75, 3.05) is 50.9 Å². The third-order valence-electron chi connectivity index (χ3n) is 5.82. The molecule has 1 fully saturated rings. The van der Waals surface area contributed by atoms with E-state index in [0.717, 1.165) is 45.4 Å². The highest BCUT2D eigenvalue weighted by Crippen LogP contribution is 2.29. The van der Waals surface area contributed by atoms with Crippen LogP contribution in [0.15, 0.2) is 30.6 Å². The minimum absolute atomic E-state index is 0. The number of nitrogens with zero attached hydrogens (tertiary/aromatic N) is 3. The molecule has 1 aromatic heterocycles. The maximum atomic E-state index is 12.6. The summed E-state index contributed by atoms with van der Waals surface area (Å²) in [5.74, 6) is 1.44. The minimum Gasteiger partial charge on any atom is -0.496 e. The number of carbonyl (C=O) groups excluding carboxylic acids is 1. The third kappa shape index (κ3) is 9.33. The van der Waals surface area contributed by atoms with Gasteiger partial charge in [0.2, 0.25) is 5.95 Å². The van der Waals surface area contributed by atoms with Gasteiger partial charge in [-0.3, -0.25) is 4.79 Å². The number of nitrogen functional groups attached to an aromatic ring is 1. The number of carbonyl (C=O) groups is 1. The average molecular weight is 534 g/mol. The molecule has 0 aliphatic carbocycles. The molecule has 2 heterocycles. The molecule has 0 spiro atoms. The van der Waals surface area contributed by atoms with Gasteiger partial charge in [-0.05, 0) is 63.4 Å².